The molecule has 5 heteroatoms. The normalized spacial score (nSPS) is 12.4. The van der Waals surface area contributed by atoms with Gasteiger partial charge in [-0.25, -0.2) is 0 Å². The maximum Gasteiger partial charge on any atom is 0.137 e. The van der Waals surface area contributed by atoms with Crippen molar-refractivity contribution in [2.45, 2.75) is 26.3 Å². The molecule has 0 aliphatic heterocycles. The van der Waals surface area contributed by atoms with Crippen molar-refractivity contribution >= 4 is 0 Å². The number of hydrogen-bond acceptors (Lipinski definition) is 4. The number of aryl methyl sites for hydroxylation is 2. The van der Waals surface area contributed by atoms with E-state index in [0.29, 0.717) is 6.61 Å². The van der Waals surface area contributed by atoms with Crippen molar-refractivity contribution in [3.63, 3.8) is 0 Å². The van der Waals surface area contributed by atoms with Gasteiger partial charge in [0.15, 0.2) is 0 Å². The van der Waals surface area contributed by atoms with Crippen molar-refractivity contribution in [3.8, 4) is 5.75 Å². The minimum absolute atomic E-state index is 0.246. The molecule has 2 heterocycles. The van der Waals surface area contributed by atoms with Gasteiger partial charge >= 0.3 is 0 Å². The van der Waals surface area contributed by atoms with Crippen molar-refractivity contribution in [1.29, 1.82) is 0 Å². The van der Waals surface area contributed by atoms with Crippen LogP contribution in [0.4, 0.5) is 0 Å². The molecule has 2 N–H and O–H groups in total. The highest BCUT2D eigenvalue weighted by atomic mass is 16.5. The fourth-order valence-electron chi connectivity index (χ4n) is 2.00. The molecular weight excluding hydrogens is 240 g/mol. The second-order valence-corrected chi connectivity index (χ2v) is 4.61. The first-order valence-corrected chi connectivity index (χ1v) is 6.45. The van der Waals surface area contributed by atoms with E-state index in [1.165, 1.54) is 0 Å². The lowest BCUT2D eigenvalue weighted by Crippen LogP contribution is -2.16. The second kappa shape index (κ2) is 5.84. The van der Waals surface area contributed by atoms with Gasteiger partial charge in [0.05, 0.1) is 30.2 Å². The number of ether oxygens (including phenoxy) is 1. The molecule has 0 saturated carbocycles. The van der Waals surface area contributed by atoms with Crippen LogP contribution in [-0.4, -0.2) is 21.4 Å². The quantitative estimate of drug-likeness (QED) is 0.892. The number of rotatable bonds is 5. The number of nitrogens with two attached hydrogens (primary N) is 1. The van der Waals surface area contributed by atoms with Crippen molar-refractivity contribution < 1.29 is 4.74 Å². The Kier molecular flexibility index (Phi) is 4.16. The molecule has 102 valence electrons. The number of aromatic nitrogens is 3. The van der Waals surface area contributed by atoms with Gasteiger partial charge in [0, 0.05) is 13.2 Å². The lowest BCUT2D eigenvalue weighted by atomic mass is 10.1. The van der Waals surface area contributed by atoms with Crippen LogP contribution in [0, 0.1) is 6.92 Å². The van der Waals surface area contributed by atoms with Crippen LogP contribution in [-0.2, 0) is 7.05 Å². The average Bonchev–Trinajstić information content (AvgIpc) is 2.75. The lowest BCUT2D eigenvalue weighted by molar-refractivity contribution is 0.315. The van der Waals surface area contributed by atoms with Crippen LogP contribution in [0.25, 0.3) is 0 Å². The Hall–Kier alpha value is -1.88. The van der Waals surface area contributed by atoms with E-state index in [-0.39, 0.29) is 6.04 Å². The minimum Gasteiger partial charge on any atom is -0.492 e. The van der Waals surface area contributed by atoms with Gasteiger partial charge in [-0.3, -0.25) is 9.67 Å². The van der Waals surface area contributed by atoms with E-state index in [2.05, 4.69) is 17.0 Å². The van der Waals surface area contributed by atoms with Crippen LogP contribution >= 0.6 is 0 Å². The van der Waals surface area contributed by atoms with E-state index >= 15 is 0 Å². The van der Waals surface area contributed by atoms with Crippen LogP contribution in [0.3, 0.4) is 0 Å². The third kappa shape index (κ3) is 3.12. The molecule has 0 aliphatic rings. The Morgan fingerprint density at radius 3 is 2.79 bits per heavy atom. The zero-order valence-corrected chi connectivity index (χ0v) is 11.6. The molecule has 0 bridgehead atoms. The lowest BCUT2D eigenvalue weighted by Gasteiger charge is -2.13. The summed E-state index contributed by atoms with van der Waals surface area (Å²) in [6.45, 7) is 4.71. The molecule has 1 atom stereocenters. The standard InChI is InChI=1S/C14H20N4O/c1-4-5-19-12-7-11(8-16-9-12)14(15)13-6-10(2)17-18(13)3/h6-9,14H,4-5,15H2,1-3H3. The molecule has 1 unspecified atom stereocenters. The molecule has 5 nitrogen and oxygen atoms in total. The van der Waals surface area contributed by atoms with Gasteiger partial charge in [-0.05, 0) is 31.0 Å². The fourth-order valence-corrected chi connectivity index (χ4v) is 2.00. The van der Waals surface area contributed by atoms with Gasteiger partial charge in [-0.15, -0.1) is 0 Å². The maximum absolute atomic E-state index is 6.27. The van der Waals surface area contributed by atoms with Crippen LogP contribution in [0.15, 0.2) is 24.5 Å². The molecule has 0 amide bonds. The van der Waals surface area contributed by atoms with Crippen molar-refractivity contribution in [2.24, 2.45) is 12.8 Å². The third-order valence-electron chi connectivity index (χ3n) is 2.92. The maximum atomic E-state index is 6.27. The molecule has 0 aromatic carbocycles. The summed E-state index contributed by atoms with van der Waals surface area (Å²) in [4.78, 5) is 4.19. The Morgan fingerprint density at radius 2 is 2.16 bits per heavy atom. The molecule has 0 fully saturated rings. The summed E-state index contributed by atoms with van der Waals surface area (Å²) >= 11 is 0. The molecule has 0 aliphatic carbocycles. The molecule has 2 rings (SSSR count). The smallest absolute Gasteiger partial charge is 0.137 e. The highest BCUT2D eigenvalue weighted by molar-refractivity contribution is 5.31. The second-order valence-electron chi connectivity index (χ2n) is 4.61. The molecule has 0 radical (unpaired) electrons. The molecule has 2 aromatic rings. The van der Waals surface area contributed by atoms with Crippen molar-refractivity contribution in [3.05, 3.63) is 41.5 Å². The van der Waals surface area contributed by atoms with Crippen LogP contribution in [0.1, 0.15) is 36.3 Å². The Labute approximate surface area is 113 Å². The van der Waals surface area contributed by atoms with Crippen molar-refractivity contribution in [1.82, 2.24) is 14.8 Å². The summed E-state index contributed by atoms with van der Waals surface area (Å²) in [6.07, 6.45) is 4.45. The summed E-state index contributed by atoms with van der Waals surface area (Å²) in [5.74, 6) is 0.758. The summed E-state index contributed by atoms with van der Waals surface area (Å²) in [5, 5.41) is 4.31. The first-order chi connectivity index (χ1) is 9.11. The number of hydrogen-bond donors (Lipinski definition) is 1. The number of pyridine rings is 1. The Morgan fingerprint density at radius 1 is 1.37 bits per heavy atom. The fraction of sp³-hybridized carbons (Fsp3) is 0.429. The van der Waals surface area contributed by atoms with Gasteiger partial charge in [0.2, 0.25) is 0 Å². The van der Waals surface area contributed by atoms with Crippen LogP contribution < -0.4 is 10.5 Å². The monoisotopic (exact) mass is 260 g/mol. The van der Waals surface area contributed by atoms with E-state index in [1.54, 1.807) is 17.1 Å². The van der Waals surface area contributed by atoms with Gasteiger partial charge in [-0.2, -0.15) is 5.10 Å². The molecule has 19 heavy (non-hydrogen) atoms. The van der Waals surface area contributed by atoms with Gasteiger partial charge in [0.1, 0.15) is 5.75 Å². The first-order valence-electron chi connectivity index (χ1n) is 6.45. The summed E-state index contributed by atoms with van der Waals surface area (Å²) in [7, 11) is 1.90. The highest BCUT2D eigenvalue weighted by Gasteiger charge is 2.14. The van der Waals surface area contributed by atoms with E-state index in [9.17, 15) is 0 Å². The van der Waals surface area contributed by atoms with E-state index < -0.39 is 0 Å². The molecular formula is C14H20N4O. The van der Waals surface area contributed by atoms with Crippen LogP contribution in [0.5, 0.6) is 5.75 Å². The van der Waals surface area contributed by atoms with Gasteiger partial charge < -0.3 is 10.5 Å². The third-order valence-corrected chi connectivity index (χ3v) is 2.92. The topological polar surface area (TPSA) is 66.0 Å². The van der Waals surface area contributed by atoms with Crippen LogP contribution in [0.2, 0.25) is 0 Å². The average molecular weight is 260 g/mol. The zero-order chi connectivity index (χ0) is 13.8. The Balaban J connectivity index is 2.23. The van der Waals surface area contributed by atoms with E-state index in [4.69, 9.17) is 10.5 Å². The van der Waals surface area contributed by atoms with Gasteiger partial charge in [-0.1, -0.05) is 6.92 Å². The predicted octanol–water partition coefficient (Wildman–Crippen LogP) is 1.96. The largest absolute Gasteiger partial charge is 0.492 e. The highest BCUT2D eigenvalue weighted by Crippen LogP contribution is 2.22. The van der Waals surface area contributed by atoms with E-state index in [1.807, 2.05) is 26.1 Å². The number of nitrogens with zero attached hydrogens (tertiary/aromatic N) is 3. The van der Waals surface area contributed by atoms with Crippen molar-refractivity contribution in [2.75, 3.05) is 6.61 Å². The SMILES string of the molecule is CCCOc1cncc(C(N)c2cc(C)nn2C)c1. The molecule has 0 spiro atoms. The first kappa shape index (κ1) is 13.5. The van der Waals surface area contributed by atoms with Gasteiger partial charge in [0.25, 0.3) is 0 Å². The molecule has 2 aromatic heterocycles. The summed E-state index contributed by atoms with van der Waals surface area (Å²) in [6, 6.07) is 3.68. The summed E-state index contributed by atoms with van der Waals surface area (Å²) in [5.41, 5.74) is 9.12. The van der Waals surface area contributed by atoms with E-state index in [0.717, 1.165) is 29.1 Å². The predicted molar refractivity (Wildman–Crippen MR) is 74.0 cm³/mol. The minimum atomic E-state index is -0.246. The summed E-state index contributed by atoms with van der Waals surface area (Å²) < 4.78 is 7.38. The molecule has 0 saturated heterocycles. The zero-order valence-electron chi connectivity index (χ0n) is 11.6. The Bertz CT molecular complexity index is 550.